The molecule has 0 radical (unpaired) electrons. The van der Waals surface area contributed by atoms with Crippen LogP contribution in [0.3, 0.4) is 0 Å². The summed E-state index contributed by atoms with van der Waals surface area (Å²) in [5.74, 6) is -0.397. The van der Waals surface area contributed by atoms with Gasteiger partial charge in [-0.05, 0) is 30.3 Å². The van der Waals surface area contributed by atoms with Gasteiger partial charge in [0.15, 0.2) is 0 Å². The number of halogens is 4. The van der Waals surface area contributed by atoms with E-state index >= 15 is 0 Å². The Kier molecular flexibility index (Phi) is 7.39. The van der Waals surface area contributed by atoms with E-state index in [1.165, 1.54) is 0 Å². The fourth-order valence-corrected chi connectivity index (χ4v) is 3.52. The molecule has 0 atom stereocenters. The lowest BCUT2D eigenvalue weighted by atomic mass is 10.2. The van der Waals surface area contributed by atoms with Crippen molar-refractivity contribution < 1.29 is 26.4 Å². The van der Waals surface area contributed by atoms with Crippen LogP contribution in [0.2, 0.25) is 5.02 Å². The van der Waals surface area contributed by atoms with Crippen molar-refractivity contribution in [2.45, 2.75) is 23.9 Å². The molecule has 2 N–H and O–H groups in total. The number of carbonyl (C=O) groups is 1. The van der Waals surface area contributed by atoms with E-state index in [2.05, 4.69) is 15.0 Å². The van der Waals surface area contributed by atoms with Gasteiger partial charge < -0.3 is 5.32 Å². The quantitative estimate of drug-likeness (QED) is 0.667. The van der Waals surface area contributed by atoms with Crippen LogP contribution in [0, 0.1) is 0 Å². The summed E-state index contributed by atoms with van der Waals surface area (Å²) < 4.78 is 65.0. The lowest BCUT2D eigenvalue weighted by molar-refractivity contribution is -0.137. The van der Waals surface area contributed by atoms with E-state index in [1.807, 2.05) is 12.1 Å². The first kappa shape index (κ1) is 22.1. The van der Waals surface area contributed by atoms with Crippen LogP contribution in [-0.2, 0) is 27.4 Å². The smallest absolute Gasteiger partial charge is 0.356 e. The number of nitrogens with one attached hydrogen (secondary N) is 2. The number of rotatable bonds is 8. The van der Waals surface area contributed by atoms with Crippen molar-refractivity contribution >= 4 is 27.5 Å². The molecule has 28 heavy (non-hydrogen) atoms. The second-order valence-electron chi connectivity index (χ2n) is 5.71. The number of hydrogen-bond acceptors (Lipinski definition) is 4. The highest BCUT2D eigenvalue weighted by molar-refractivity contribution is 7.89. The van der Waals surface area contributed by atoms with Crippen molar-refractivity contribution in [3.63, 3.8) is 0 Å². The first-order valence-corrected chi connectivity index (χ1v) is 9.99. The molecule has 0 aliphatic heterocycles. The van der Waals surface area contributed by atoms with Crippen LogP contribution < -0.4 is 10.0 Å². The maximum atomic E-state index is 12.9. The minimum atomic E-state index is -4.78. The molecule has 0 spiro atoms. The van der Waals surface area contributed by atoms with Crippen molar-refractivity contribution in [3.8, 4) is 0 Å². The number of aromatic nitrogens is 1. The molecule has 1 aromatic heterocycles. The highest BCUT2D eigenvalue weighted by Crippen LogP contribution is 2.35. The number of pyridine rings is 1. The molecular weight excluding hydrogens is 419 g/mol. The molecule has 11 heteroatoms. The Balaban J connectivity index is 1.85. The van der Waals surface area contributed by atoms with E-state index in [4.69, 9.17) is 11.6 Å². The number of alkyl halides is 3. The Morgan fingerprint density at radius 2 is 1.89 bits per heavy atom. The summed E-state index contributed by atoms with van der Waals surface area (Å²) in [6.07, 6.45) is -2.80. The molecule has 6 nitrogen and oxygen atoms in total. The lowest BCUT2D eigenvalue weighted by Gasteiger charge is -2.12. The number of carbonyl (C=O) groups excluding carboxylic acids is 1. The third-order valence-corrected chi connectivity index (χ3v) is 5.42. The van der Waals surface area contributed by atoms with E-state index in [0.29, 0.717) is 19.0 Å². The molecule has 1 amide bonds. The second-order valence-corrected chi connectivity index (χ2v) is 7.88. The molecular formula is C17H17ClF3N3O3S. The molecule has 0 saturated carbocycles. The molecule has 0 aliphatic carbocycles. The van der Waals surface area contributed by atoms with Gasteiger partial charge in [-0.2, -0.15) is 13.2 Å². The Morgan fingerprint density at radius 1 is 1.14 bits per heavy atom. The average molecular weight is 436 g/mol. The number of sulfonamides is 1. The molecule has 0 bridgehead atoms. The van der Waals surface area contributed by atoms with Gasteiger partial charge >= 0.3 is 6.18 Å². The van der Waals surface area contributed by atoms with Gasteiger partial charge in [0.2, 0.25) is 15.9 Å². The third kappa shape index (κ3) is 6.47. The molecule has 0 saturated heterocycles. The van der Waals surface area contributed by atoms with Gasteiger partial charge in [0.1, 0.15) is 0 Å². The summed E-state index contributed by atoms with van der Waals surface area (Å²) in [6, 6.07) is 7.68. The van der Waals surface area contributed by atoms with Gasteiger partial charge in [-0.15, -0.1) is 0 Å². The fraction of sp³-hybridized carbons (Fsp3) is 0.294. The van der Waals surface area contributed by atoms with Gasteiger partial charge in [0.25, 0.3) is 0 Å². The summed E-state index contributed by atoms with van der Waals surface area (Å²) in [7, 11) is -4.22. The maximum absolute atomic E-state index is 12.9. The van der Waals surface area contributed by atoms with Crippen molar-refractivity contribution in [1.82, 2.24) is 15.0 Å². The molecule has 152 valence electrons. The van der Waals surface area contributed by atoms with Crippen LogP contribution in [0.25, 0.3) is 0 Å². The standard InChI is InChI=1S/C17H17ClF3N3O3S/c18-15-5-4-13(11-14(15)17(19,20)21)28(26,27)24-10-7-16(25)23-9-6-12-3-1-2-8-22-12/h1-5,8,11,24H,6-7,9-10H2,(H,23,25). The minimum Gasteiger partial charge on any atom is -0.356 e. The zero-order chi connectivity index (χ0) is 20.8. The van der Waals surface area contributed by atoms with Gasteiger partial charge in [-0.3, -0.25) is 9.78 Å². The van der Waals surface area contributed by atoms with Crippen molar-refractivity contribution in [1.29, 1.82) is 0 Å². The molecule has 1 heterocycles. The lowest BCUT2D eigenvalue weighted by Crippen LogP contribution is -2.31. The highest BCUT2D eigenvalue weighted by atomic mass is 35.5. The zero-order valence-corrected chi connectivity index (χ0v) is 16.0. The minimum absolute atomic E-state index is 0.166. The van der Waals surface area contributed by atoms with E-state index in [9.17, 15) is 26.4 Å². The predicted molar refractivity (Wildman–Crippen MR) is 97.2 cm³/mol. The van der Waals surface area contributed by atoms with Crippen LogP contribution >= 0.6 is 11.6 Å². The molecule has 1 aromatic carbocycles. The molecule has 0 fully saturated rings. The Bertz CT molecular complexity index is 922. The number of benzene rings is 1. The van der Waals surface area contributed by atoms with Gasteiger partial charge in [0.05, 0.1) is 15.5 Å². The van der Waals surface area contributed by atoms with Crippen LogP contribution in [0.5, 0.6) is 0 Å². The average Bonchev–Trinajstić information content (AvgIpc) is 2.61. The molecule has 2 aromatic rings. The third-order valence-electron chi connectivity index (χ3n) is 3.63. The summed E-state index contributed by atoms with van der Waals surface area (Å²) in [6.45, 7) is 0.0659. The van der Waals surface area contributed by atoms with Crippen molar-refractivity contribution in [2.75, 3.05) is 13.1 Å². The first-order valence-electron chi connectivity index (χ1n) is 8.12. The monoisotopic (exact) mass is 435 g/mol. The van der Waals surface area contributed by atoms with Gasteiger partial charge in [-0.25, -0.2) is 13.1 Å². The van der Waals surface area contributed by atoms with Crippen molar-refractivity contribution in [2.24, 2.45) is 0 Å². The first-order chi connectivity index (χ1) is 13.1. The summed E-state index contributed by atoms with van der Waals surface area (Å²) in [5, 5.41) is 2.02. The second kappa shape index (κ2) is 9.35. The predicted octanol–water partition coefficient (Wildman–Crippen LogP) is 2.78. The highest BCUT2D eigenvalue weighted by Gasteiger charge is 2.34. The van der Waals surface area contributed by atoms with E-state index in [1.54, 1.807) is 12.3 Å². The summed E-state index contributed by atoms with van der Waals surface area (Å²) >= 11 is 5.48. The Morgan fingerprint density at radius 3 is 2.54 bits per heavy atom. The molecule has 0 unspecified atom stereocenters. The Hall–Kier alpha value is -2.17. The van der Waals surface area contributed by atoms with Crippen LogP contribution in [0.15, 0.2) is 47.5 Å². The largest absolute Gasteiger partial charge is 0.417 e. The summed E-state index contributed by atoms with van der Waals surface area (Å²) in [4.78, 5) is 15.3. The van der Waals surface area contributed by atoms with Gasteiger partial charge in [-0.1, -0.05) is 17.7 Å². The molecule has 0 aliphatic rings. The van der Waals surface area contributed by atoms with Crippen LogP contribution in [0.4, 0.5) is 13.2 Å². The number of hydrogen-bond donors (Lipinski definition) is 2. The van der Waals surface area contributed by atoms with E-state index in [0.717, 1.165) is 17.8 Å². The molecule has 2 rings (SSSR count). The number of nitrogens with zero attached hydrogens (tertiary/aromatic N) is 1. The topological polar surface area (TPSA) is 88.2 Å². The fourth-order valence-electron chi connectivity index (χ4n) is 2.24. The Labute approximate surface area is 165 Å². The number of amides is 1. The van der Waals surface area contributed by atoms with E-state index in [-0.39, 0.29) is 13.0 Å². The van der Waals surface area contributed by atoms with Crippen LogP contribution in [-0.4, -0.2) is 32.4 Å². The van der Waals surface area contributed by atoms with Gasteiger partial charge in [0, 0.05) is 37.8 Å². The van der Waals surface area contributed by atoms with E-state index < -0.39 is 37.6 Å². The SMILES string of the molecule is O=C(CCNS(=O)(=O)c1ccc(Cl)c(C(F)(F)F)c1)NCCc1ccccn1. The van der Waals surface area contributed by atoms with Crippen molar-refractivity contribution in [3.05, 3.63) is 58.9 Å². The zero-order valence-electron chi connectivity index (χ0n) is 14.5. The normalized spacial score (nSPS) is 12.0. The van der Waals surface area contributed by atoms with Crippen LogP contribution in [0.1, 0.15) is 17.7 Å². The summed E-state index contributed by atoms with van der Waals surface area (Å²) in [5.41, 5.74) is -0.448. The maximum Gasteiger partial charge on any atom is 0.417 e.